The summed E-state index contributed by atoms with van der Waals surface area (Å²) in [5.74, 6) is -2.15. The zero-order valence-electron chi connectivity index (χ0n) is 11.2. The van der Waals surface area contributed by atoms with Crippen molar-refractivity contribution in [3.05, 3.63) is 28.1 Å². The van der Waals surface area contributed by atoms with Crippen molar-refractivity contribution in [2.45, 2.75) is 6.04 Å². The molecule has 21 heavy (non-hydrogen) atoms. The van der Waals surface area contributed by atoms with Crippen LogP contribution in [0.1, 0.15) is 0 Å². The van der Waals surface area contributed by atoms with Gasteiger partial charge in [-0.2, -0.15) is 0 Å². The molecule has 1 unspecified atom stereocenters. The van der Waals surface area contributed by atoms with Crippen molar-refractivity contribution in [1.82, 2.24) is 5.32 Å². The van der Waals surface area contributed by atoms with Crippen LogP contribution in [0.3, 0.4) is 0 Å². The molecule has 1 fully saturated rings. The van der Waals surface area contributed by atoms with E-state index in [1.807, 2.05) is 0 Å². The van der Waals surface area contributed by atoms with Gasteiger partial charge in [0.25, 0.3) is 5.69 Å². The van der Waals surface area contributed by atoms with Gasteiger partial charge in [0.2, 0.25) is 0 Å². The predicted molar refractivity (Wildman–Crippen MR) is 71.2 cm³/mol. The van der Waals surface area contributed by atoms with Crippen LogP contribution in [0.15, 0.2) is 12.1 Å². The van der Waals surface area contributed by atoms with Gasteiger partial charge in [-0.3, -0.25) is 10.1 Å². The average molecular weight is 299 g/mol. The number of nitrogens with one attached hydrogen (secondary N) is 1. The number of ether oxygens (including phenoxy) is 1. The summed E-state index contributed by atoms with van der Waals surface area (Å²) >= 11 is 0. The van der Waals surface area contributed by atoms with Crippen molar-refractivity contribution >= 4 is 17.3 Å². The molecular formula is C12H14FN3O5. The lowest BCUT2D eigenvalue weighted by Gasteiger charge is -2.35. The van der Waals surface area contributed by atoms with Crippen molar-refractivity contribution < 1.29 is 24.0 Å². The van der Waals surface area contributed by atoms with Crippen LogP contribution < -0.4 is 15.0 Å². The number of aliphatic carboxylic acids is 1. The topological polar surface area (TPSA) is 105 Å². The molecule has 0 aromatic heterocycles. The summed E-state index contributed by atoms with van der Waals surface area (Å²) < 4.78 is 18.5. The Kier molecular flexibility index (Phi) is 4.22. The largest absolute Gasteiger partial charge is 0.494 e. The number of carbonyl (C=O) groups is 1. The molecule has 8 nitrogen and oxygen atoms in total. The standard InChI is InChI=1S/C12H14FN3O5/c1-21-11-5-8(9(16(19)20)4-7(11)13)15-3-2-14-6-10(15)12(17)18/h4-5,10,14H,2-3,6H2,1H3,(H,17,18). The van der Waals surface area contributed by atoms with Gasteiger partial charge in [0.05, 0.1) is 18.1 Å². The molecule has 1 heterocycles. The van der Waals surface area contributed by atoms with E-state index in [0.29, 0.717) is 6.54 Å². The Bertz CT molecular complexity index is 580. The fourth-order valence-electron chi connectivity index (χ4n) is 2.28. The van der Waals surface area contributed by atoms with Crippen LogP contribution in [0.25, 0.3) is 0 Å². The third-order valence-corrected chi connectivity index (χ3v) is 3.28. The summed E-state index contributed by atoms with van der Waals surface area (Å²) in [5.41, 5.74) is -0.450. The Balaban J connectivity index is 2.53. The highest BCUT2D eigenvalue weighted by molar-refractivity contribution is 5.81. The molecule has 2 rings (SSSR count). The average Bonchev–Trinajstić information content (AvgIpc) is 2.46. The first kappa shape index (κ1) is 15.0. The summed E-state index contributed by atoms with van der Waals surface area (Å²) in [7, 11) is 1.24. The molecular weight excluding hydrogens is 285 g/mol. The lowest BCUT2D eigenvalue weighted by molar-refractivity contribution is -0.384. The van der Waals surface area contributed by atoms with Crippen LogP contribution in [-0.4, -0.2) is 48.8 Å². The maximum Gasteiger partial charge on any atom is 0.327 e. The minimum absolute atomic E-state index is 0.0344. The molecule has 1 saturated heterocycles. The van der Waals surface area contributed by atoms with E-state index in [4.69, 9.17) is 4.74 Å². The SMILES string of the molecule is COc1cc(N2CCNCC2C(=O)O)c([N+](=O)[O-])cc1F. The van der Waals surface area contributed by atoms with Crippen LogP contribution in [0.2, 0.25) is 0 Å². The Morgan fingerprint density at radius 3 is 2.90 bits per heavy atom. The number of nitro groups is 1. The molecule has 0 spiro atoms. The van der Waals surface area contributed by atoms with Gasteiger partial charge >= 0.3 is 5.97 Å². The molecule has 9 heteroatoms. The number of rotatable bonds is 4. The third-order valence-electron chi connectivity index (χ3n) is 3.28. The van der Waals surface area contributed by atoms with Crippen molar-refractivity contribution in [1.29, 1.82) is 0 Å². The Morgan fingerprint density at radius 2 is 2.33 bits per heavy atom. The normalized spacial score (nSPS) is 18.4. The number of benzene rings is 1. The van der Waals surface area contributed by atoms with Gasteiger partial charge < -0.3 is 20.1 Å². The van der Waals surface area contributed by atoms with Crippen molar-refractivity contribution in [3.63, 3.8) is 0 Å². The number of methoxy groups -OCH3 is 1. The molecule has 2 N–H and O–H groups in total. The first-order valence-corrected chi connectivity index (χ1v) is 6.17. The lowest BCUT2D eigenvalue weighted by atomic mass is 10.1. The van der Waals surface area contributed by atoms with Gasteiger partial charge in [-0.05, 0) is 0 Å². The molecule has 0 saturated carbocycles. The summed E-state index contributed by atoms with van der Waals surface area (Å²) in [6, 6.07) is 0.941. The van der Waals surface area contributed by atoms with Crippen LogP contribution in [0.4, 0.5) is 15.8 Å². The van der Waals surface area contributed by atoms with Crippen LogP contribution in [0, 0.1) is 15.9 Å². The second-order valence-electron chi connectivity index (χ2n) is 4.48. The lowest BCUT2D eigenvalue weighted by Crippen LogP contribution is -2.55. The summed E-state index contributed by atoms with van der Waals surface area (Å²) in [5, 5.41) is 23.2. The highest BCUT2D eigenvalue weighted by Crippen LogP contribution is 2.35. The van der Waals surface area contributed by atoms with Crippen molar-refractivity contribution in [3.8, 4) is 5.75 Å². The van der Waals surface area contributed by atoms with Gasteiger partial charge in [-0.15, -0.1) is 0 Å². The van der Waals surface area contributed by atoms with E-state index in [-0.39, 0.29) is 24.5 Å². The zero-order valence-corrected chi connectivity index (χ0v) is 11.2. The molecule has 1 atom stereocenters. The van der Waals surface area contributed by atoms with E-state index in [1.165, 1.54) is 12.0 Å². The number of halogens is 1. The first-order chi connectivity index (χ1) is 9.95. The molecule has 1 aliphatic heterocycles. The van der Waals surface area contributed by atoms with Gasteiger partial charge in [0, 0.05) is 25.7 Å². The highest BCUT2D eigenvalue weighted by Gasteiger charge is 2.33. The summed E-state index contributed by atoms with van der Waals surface area (Å²) in [6.07, 6.45) is 0. The first-order valence-electron chi connectivity index (χ1n) is 6.17. The maximum atomic E-state index is 13.6. The number of anilines is 1. The molecule has 1 aromatic carbocycles. The number of carboxylic acids is 1. The molecule has 1 aromatic rings. The molecule has 1 aliphatic rings. The number of piperazine rings is 1. The van der Waals surface area contributed by atoms with Crippen LogP contribution >= 0.6 is 0 Å². The monoisotopic (exact) mass is 299 g/mol. The summed E-state index contributed by atoms with van der Waals surface area (Å²) in [4.78, 5) is 23.0. The van der Waals surface area contributed by atoms with Crippen LogP contribution in [0.5, 0.6) is 5.75 Å². The highest BCUT2D eigenvalue weighted by atomic mass is 19.1. The Labute approximate surface area is 119 Å². The minimum atomic E-state index is -1.11. The van der Waals surface area contributed by atoms with Gasteiger partial charge in [-0.1, -0.05) is 0 Å². The molecule has 0 amide bonds. The fourth-order valence-corrected chi connectivity index (χ4v) is 2.28. The summed E-state index contributed by atoms with van der Waals surface area (Å²) in [6.45, 7) is 0.874. The van der Waals surface area contributed by atoms with Gasteiger partial charge in [0.1, 0.15) is 11.7 Å². The van der Waals surface area contributed by atoms with E-state index < -0.39 is 28.4 Å². The van der Waals surface area contributed by atoms with Crippen molar-refractivity contribution in [2.24, 2.45) is 0 Å². The molecule has 114 valence electrons. The van der Waals surface area contributed by atoms with Gasteiger partial charge in [-0.25, -0.2) is 9.18 Å². The molecule has 0 aliphatic carbocycles. The van der Waals surface area contributed by atoms with E-state index >= 15 is 0 Å². The number of hydrogen-bond acceptors (Lipinski definition) is 6. The van der Waals surface area contributed by atoms with E-state index in [9.17, 15) is 24.4 Å². The Hall–Kier alpha value is -2.42. The second kappa shape index (κ2) is 5.92. The zero-order chi connectivity index (χ0) is 15.6. The fraction of sp³-hybridized carbons (Fsp3) is 0.417. The van der Waals surface area contributed by atoms with E-state index in [2.05, 4.69) is 5.32 Å². The van der Waals surface area contributed by atoms with E-state index in [1.54, 1.807) is 0 Å². The van der Waals surface area contributed by atoms with Crippen molar-refractivity contribution in [2.75, 3.05) is 31.6 Å². The molecule has 0 bridgehead atoms. The minimum Gasteiger partial charge on any atom is -0.494 e. The number of nitro benzene ring substituents is 1. The van der Waals surface area contributed by atoms with Crippen LogP contribution in [-0.2, 0) is 4.79 Å². The quantitative estimate of drug-likeness (QED) is 0.619. The Morgan fingerprint density at radius 1 is 1.62 bits per heavy atom. The van der Waals surface area contributed by atoms with E-state index in [0.717, 1.165) is 12.1 Å². The smallest absolute Gasteiger partial charge is 0.327 e. The number of nitrogens with zero attached hydrogens (tertiary/aromatic N) is 2. The molecule has 0 radical (unpaired) electrons. The number of hydrogen-bond donors (Lipinski definition) is 2. The second-order valence-corrected chi connectivity index (χ2v) is 4.48. The third kappa shape index (κ3) is 2.87. The maximum absolute atomic E-state index is 13.6. The number of carboxylic acid groups (broad SMARTS) is 1. The van der Waals surface area contributed by atoms with Gasteiger partial charge in [0.15, 0.2) is 11.6 Å². The predicted octanol–water partition coefficient (Wildman–Crippen LogP) is 0.605.